The third kappa shape index (κ3) is 5.28. The highest BCUT2D eigenvalue weighted by Crippen LogP contribution is 2.29. The molecule has 176 valence electrons. The maximum Gasteiger partial charge on any atom is 0.309 e. The van der Waals surface area contributed by atoms with Crippen LogP contribution in [0.2, 0.25) is 0 Å². The molecule has 2 heterocycles. The van der Waals surface area contributed by atoms with Gasteiger partial charge in [-0.05, 0) is 62.7 Å². The summed E-state index contributed by atoms with van der Waals surface area (Å²) in [4.78, 5) is 20.8. The summed E-state index contributed by atoms with van der Waals surface area (Å²) in [6, 6.07) is 14.2. The van der Waals surface area contributed by atoms with E-state index >= 15 is 0 Å². The number of aryl methyl sites for hydroxylation is 1. The van der Waals surface area contributed by atoms with Crippen LogP contribution in [0.3, 0.4) is 0 Å². The minimum atomic E-state index is -1.04. The average Bonchev–Trinajstić information content (AvgIpc) is 3.11. The van der Waals surface area contributed by atoms with Crippen molar-refractivity contribution >= 4 is 32.9 Å². The number of rotatable bonds is 8. The molecule has 0 atom stereocenters. The highest BCUT2D eigenvalue weighted by molar-refractivity contribution is 9.10. The summed E-state index contributed by atoms with van der Waals surface area (Å²) >= 11 is 3.40. The molecule has 0 amide bonds. The fourth-order valence-electron chi connectivity index (χ4n) is 3.60. The number of aliphatic carboxylic acids is 1. The van der Waals surface area contributed by atoms with Gasteiger partial charge in [0.05, 0.1) is 28.7 Å². The third-order valence-corrected chi connectivity index (χ3v) is 6.17. The van der Waals surface area contributed by atoms with Crippen molar-refractivity contribution in [3.63, 3.8) is 0 Å². The Bertz CT molecular complexity index is 1350. The van der Waals surface area contributed by atoms with Crippen LogP contribution in [0.4, 0.5) is 4.39 Å². The molecule has 6 nitrogen and oxygen atoms in total. The predicted octanol–water partition coefficient (Wildman–Crippen LogP) is 5.92. The van der Waals surface area contributed by atoms with Crippen LogP contribution in [0.5, 0.6) is 5.75 Å². The number of nitrogens with zero attached hydrogens (tertiary/aromatic N) is 3. The lowest BCUT2D eigenvalue weighted by molar-refractivity contribution is -0.146. The molecule has 0 aliphatic carbocycles. The molecule has 0 aliphatic heterocycles. The van der Waals surface area contributed by atoms with E-state index in [9.17, 15) is 14.3 Å². The van der Waals surface area contributed by atoms with Crippen LogP contribution in [-0.2, 0) is 24.4 Å². The van der Waals surface area contributed by atoms with E-state index in [-0.39, 0.29) is 18.8 Å². The molecule has 4 aromatic rings. The number of aromatic nitrogens is 3. The second kappa shape index (κ2) is 9.54. The standard InChI is InChI=1S/C26H25BrFN3O3/c1-16-4-6-19(29-13-16)15-34-20-7-9-22-23(11-20)31(14-17-10-18(27)5-8-21(17)28)24(30-22)12-26(2,3)25(32)33/h4-11,13H,12,14-15H2,1-3H3,(H,32,33). The second-order valence-electron chi connectivity index (χ2n) is 8.98. The molecule has 2 aromatic heterocycles. The Morgan fingerprint density at radius 1 is 1.18 bits per heavy atom. The van der Waals surface area contributed by atoms with E-state index in [4.69, 9.17) is 9.72 Å². The van der Waals surface area contributed by atoms with Crippen molar-refractivity contribution in [2.75, 3.05) is 0 Å². The number of carboxylic acid groups (broad SMARTS) is 1. The minimum Gasteiger partial charge on any atom is -0.487 e. The summed E-state index contributed by atoms with van der Waals surface area (Å²) in [5, 5.41) is 9.65. The van der Waals surface area contributed by atoms with Crippen molar-refractivity contribution in [2.45, 2.75) is 40.3 Å². The van der Waals surface area contributed by atoms with Crippen molar-refractivity contribution < 1.29 is 19.0 Å². The average molecular weight is 526 g/mol. The molecular formula is C26H25BrFN3O3. The van der Waals surface area contributed by atoms with E-state index in [1.807, 2.05) is 41.8 Å². The third-order valence-electron chi connectivity index (χ3n) is 5.67. The zero-order chi connectivity index (χ0) is 24.5. The van der Waals surface area contributed by atoms with Gasteiger partial charge in [-0.25, -0.2) is 9.37 Å². The summed E-state index contributed by atoms with van der Waals surface area (Å²) in [7, 11) is 0. The maximum atomic E-state index is 14.6. The van der Waals surface area contributed by atoms with Gasteiger partial charge in [0.1, 0.15) is 24.0 Å². The van der Waals surface area contributed by atoms with E-state index in [0.29, 0.717) is 29.3 Å². The van der Waals surface area contributed by atoms with Crippen molar-refractivity contribution in [3.05, 3.63) is 87.7 Å². The van der Waals surface area contributed by atoms with Crippen LogP contribution in [-0.4, -0.2) is 25.6 Å². The Labute approximate surface area is 205 Å². The van der Waals surface area contributed by atoms with Crippen molar-refractivity contribution in [1.82, 2.24) is 14.5 Å². The molecule has 1 N–H and O–H groups in total. The first-order valence-electron chi connectivity index (χ1n) is 10.8. The highest BCUT2D eigenvalue weighted by Gasteiger charge is 2.30. The molecule has 0 aliphatic rings. The molecule has 0 fully saturated rings. The van der Waals surface area contributed by atoms with E-state index < -0.39 is 11.4 Å². The molecule has 0 bridgehead atoms. The molecule has 0 saturated heterocycles. The lowest BCUT2D eigenvalue weighted by Crippen LogP contribution is -2.28. The minimum absolute atomic E-state index is 0.191. The summed E-state index contributed by atoms with van der Waals surface area (Å²) in [6.07, 6.45) is 1.98. The van der Waals surface area contributed by atoms with Crippen molar-refractivity contribution in [1.29, 1.82) is 0 Å². The Balaban J connectivity index is 1.72. The van der Waals surface area contributed by atoms with E-state index in [0.717, 1.165) is 21.2 Å². The Morgan fingerprint density at radius 2 is 1.97 bits per heavy atom. The Morgan fingerprint density at radius 3 is 2.68 bits per heavy atom. The number of carbonyl (C=O) groups is 1. The number of benzene rings is 2. The van der Waals surface area contributed by atoms with Crippen molar-refractivity contribution in [3.8, 4) is 5.75 Å². The van der Waals surface area contributed by atoms with Gasteiger partial charge < -0.3 is 14.4 Å². The Kier molecular flexibility index (Phi) is 6.70. The first-order chi connectivity index (χ1) is 16.1. The molecule has 0 radical (unpaired) electrons. The number of hydrogen-bond acceptors (Lipinski definition) is 4. The fraction of sp³-hybridized carbons (Fsp3) is 0.269. The molecule has 4 rings (SSSR count). The quantitative estimate of drug-likeness (QED) is 0.308. The summed E-state index contributed by atoms with van der Waals surface area (Å²) in [5.74, 6) is -0.0744. The molecule has 0 unspecified atom stereocenters. The van der Waals surface area contributed by atoms with Gasteiger partial charge in [-0.1, -0.05) is 22.0 Å². The van der Waals surface area contributed by atoms with Gasteiger partial charge in [0, 0.05) is 28.7 Å². The van der Waals surface area contributed by atoms with E-state index in [1.165, 1.54) is 6.07 Å². The molecular weight excluding hydrogens is 501 g/mol. The zero-order valence-electron chi connectivity index (χ0n) is 19.2. The molecule has 0 saturated carbocycles. The largest absolute Gasteiger partial charge is 0.487 e. The monoisotopic (exact) mass is 525 g/mol. The second-order valence-corrected chi connectivity index (χ2v) is 9.90. The van der Waals surface area contributed by atoms with E-state index in [2.05, 4.69) is 20.9 Å². The van der Waals surface area contributed by atoms with Gasteiger partial charge in [0.2, 0.25) is 0 Å². The number of imidazole rings is 1. The first-order valence-corrected chi connectivity index (χ1v) is 11.6. The fourth-order valence-corrected chi connectivity index (χ4v) is 4.01. The van der Waals surface area contributed by atoms with Crippen LogP contribution < -0.4 is 4.74 Å². The molecule has 0 spiro atoms. The van der Waals surface area contributed by atoms with Gasteiger partial charge in [0.25, 0.3) is 0 Å². The normalized spacial score (nSPS) is 11.7. The lowest BCUT2D eigenvalue weighted by atomic mass is 9.89. The number of carboxylic acids is 1. The Hall–Kier alpha value is -3.26. The predicted molar refractivity (Wildman–Crippen MR) is 131 cm³/mol. The zero-order valence-corrected chi connectivity index (χ0v) is 20.8. The highest BCUT2D eigenvalue weighted by atomic mass is 79.9. The van der Waals surface area contributed by atoms with Crippen LogP contribution in [0.1, 0.15) is 36.5 Å². The van der Waals surface area contributed by atoms with Crippen LogP contribution in [0, 0.1) is 18.2 Å². The summed E-state index contributed by atoms with van der Waals surface area (Å²) < 4.78 is 23.2. The molecule has 2 aromatic carbocycles. The number of ether oxygens (including phenoxy) is 1. The smallest absolute Gasteiger partial charge is 0.309 e. The first kappa shape index (κ1) is 23.9. The van der Waals surface area contributed by atoms with Gasteiger partial charge in [-0.15, -0.1) is 0 Å². The van der Waals surface area contributed by atoms with Crippen molar-refractivity contribution in [2.24, 2.45) is 5.41 Å². The van der Waals surface area contributed by atoms with Crippen LogP contribution in [0.15, 0.2) is 59.2 Å². The molecule has 34 heavy (non-hydrogen) atoms. The topological polar surface area (TPSA) is 77.2 Å². The SMILES string of the molecule is Cc1ccc(COc2ccc3nc(CC(C)(C)C(=O)O)n(Cc4cc(Br)ccc4F)c3c2)nc1. The summed E-state index contributed by atoms with van der Waals surface area (Å²) in [6.45, 7) is 5.79. The van der Waals surface area contributed by atoms with Gasteiger partial charge in [0.15, 0.2) is 0 Å². The van der Waals surface area contributed by atoms with Gasteiger partial charge >= 0.3 is 5.97 Å². The van der Waals surface area contributed by atoms with Gasteiger partial charge in [-0.3, -0.25) is 9.78 Å². The molecule has 8 heteroatoms. The summed E-state index contributed by atoms with van der Waals surface area (Å²) in [5.41, 5.74) is 2.74. The number of pyridine rings is 1. The lowest BCUT2D eigenvalue weighted by Gasteiger charge is -2.20. The van der Waals surface area contributed by atoms with Crippen LogP contribution in [0.25, 0.3) is 11.0 Å². The van der Waals surface area contributed by atoms with Gasteiger partial charge in [-0.2, -0.15) is 0 Å². The number of fused-ring (bicyclic) bond motifs is 1. The number of halogens is 2. The number of hydrogen-bond donors (Lipinski definition) is 1. The van der Waals surface area contributed by atoms with Crippen LogP contribution >= 0.6 is 15.9 Å². The maximum absolute atomic E-state index is 14.6. The van der Waals surface area contributed by atoms with E-state index in [1.54, 1.807) is 32.2 Å².